The molecule has 21 heavy (non-hydrogen) atoms. The van der Waals surface area contributed by atoms with Gasteiger partial charge < -0.3 is 10.4 Å². The molecule has 6 heteroatoms. The molecule has 4 N–H and O–H groups in total. The molecule has 0 radical (unpaired) electrons. The van der Waals surface area contributed by atoms with E-state index in [0.717, 1.165) is 19.4 Å². The molecule has 6 nitrogen and oxygen atoms in total. The Kier molecular flexibility index (Phi) is 5.35. The molecule has 0 aromatic heterocycles. The number of rotatable bonds is 5. The molecule has 2 rings (SSSR count). The predicted octanol–water partition coefficient (Wildman–Crippen LogP) is 0.618. The maximum Gasteiger partial charge on any atom is 0.247 e. The van der Waals surface area contributed by atoms with Crippen LogP contribution in [0.4, 0.5) is 0 Å². The van der Waals surface area contributed by atoms with Crippen LogP contribution in [-0.2, 0) is 9.59 Å². The van der Waals surface area contributed by atoms with Gasteiger partial charge in [-0.3, -0.25) is 14.8 Å². The Bertz CT molecular complexity index is 395. The van der Waals surface area contributed by atoms with E-state index in [1.807, 2.05) is 6.92 Å². The predicted molar refractivity (Wildman–Crippen MR) is 76.6 cm³/mol. The highest BCUT2D eigenvalue weighted by Gasteiger charge is 2.46. The Morgan fingerprint density at radius 1 is 1.33 bits per heavy atom. The van der Waals surface area contributed by atoms with Crippen LogP contribution in [0.3, 0.4) is 0 Å². The molecule has 4 atom stereocenters. The highest BCUT2D eigenvalue weighted by molar-refractivity contribution is 5.90. The maximum atomic E-state index is 12.6. The molecule has 1 amide bonds. The lowest BCUT2D eigenvalue weighted by Gasteiger charge is -2.40. The van der Waals surface area contributed by atoms with E-state index in [2.05, 4.69) is 5.32 Å². The summed E-state index contributed by atoms with van der Waals surface area (Å²) in [6, 6.07) is 0. The van der Waals surface area contributed by atoms with Gasteiger partial charge in [0.05, 0.1) is 11.5 Å². The molecule has 0 aromatic rings. The standard InChI is InChI=1S/C15H26N2O4/c1-2-5-15(20)6-3-11(12(8-15)14(19)17-21)13(18)10-4-7-16-9-10/h10-12,16,20-21H,2-9H2,1H3,(H,17,19)/t10-,11+,12+,15+/m1/s1. The van der Waals surface area contributed by atoms with Crippen LogP contribution in [0.5, 0.6) is 0 Å². The van der Waals surface area contributed by atoms with Crippen LogP contribution in [0.1, 0.15) is 45.4 Å². The van der Waals surface area contributed by atoms with Crippen molar-refractivity contribution in [2.24, 2.45) is 17.8 Å². The summed E-state index contributed by atoms with van der Waals surface area (Å²) >= 11 is 0. The summed E-state index contributed by atoms with van der Waals surface area (Å²) in [4.78, 5) is 24.6. The first-order chi connectivity index (χ1) is 10.0. The highest BCUT2D eigenvalue weighted by atomic mass is 16.5. The summed E-state index contributed by atoms with van der Waals surface area (Å²) in [5.41, 5.74) is 0.780. The van der Waals surface area contributed by atoms with E-state index in [4.69, 9.17) is 5.21 Å². The number of Topliss-reactive ketones (excluding diaryl/α,β-unsaturated/α-hetero) is 1. The number of carbonyl (C=O) groups is 2. The van der Waals surface area contributed by atoms with Gasteiger partial charge in [-0.25, -0.2) is 5.48 Å². The summed E-state index contributed by atoms with van der Waals surface area (Å²) < 4.78 is 0. The van der Waals surface area contributed by atoms with E-state index in [0.29, 0.717) is 25.8 Å². The molecular formula is C15H26N2O4. The average Bonchev–Trinajstić information content (AvgIpc) is 3.00. The van der Waals surface area contributed by atoms with Crippen molar-refractivity contribution >= 4 is 11.7 Å². The summed E-state index contributed by atoms with van der Waals surface area (Å²) in [5.74, 6) is -1.50. The minimum Gasteiger partial charge on any atom is -0.390 e. The second-order valence-electron chi connectivity index (χ2n) is 6.50. The van der Waals surface area contributed by atoms with Crippen molar-refractivity contribution in [1.29, 1.82) is 0 Å². The molecule has 120 valence electrons. The number of hydrogen-bond acceptors (Lipinski definition) is 5. The molecule has 1 aliphatic carbocycles. The van der Waals surface area contributed by atoms with Gasteiger partial charge >= 0.3 is 0 Å². The van der Waals surface area contributed by atoms with Gasteiger partial charge in [0.15, 0.2) is 0 Å². The fourth-order valence-electron chi connectivity index (χ4n) is 3.87. The van der Waals surface area contributed by atoms with Crippen LogP contribution in [0.2, 0.25) is 0 Å². The molecule has 2 fully saturated rings. The average molecular weight is 298 g/mol. The summed E-state index contributed by atoms with van der Waals surface area (Å²) in [6.07, 6.45) is 3.57. The van der Waals surface area contributed by atoms with E-state index < -0.39 is 17.4 Å². The van der Waals surface area contributed by atoms with Crippen LogP contribution in [-0.4, -0.2) is 40.7 Å². The van der Waals surface area contributed by atoms with Crippen LogP contribution in [0, 0.1) is 17.8 Å². The third-order valence-electron chi connectivity index (χ3n) is 5.00. The highest BCUT2D eigenvalue weighted by Crippen LogP contribution is 2.41. The molecule has 1 heterocycles. The molecule has 1 saturated carbocycles. The molecule has 0 unspecified atom stereocenters. The van der Waals surface area contributed by atoms with Gasteiger partial charge in [-0.2, -0.15) is 0 Å². The Balaban J connectivity index is 2.12. The quantitative estimate of drug-likeness (QED) is 0.440. The molecule has 1 aliphatic heterocycles. The molecule has 0 spiro atoms. The number of hydrogen-bond donors (Lipinski definition) is 4. The molecule has 1 saturated heterocycles. The monoisotopic (exact) mass is 298 g/mol. The van der Waals surface area contributed by atoms with Gasteiger partial charge in [-0.15, -0.1) is 0 Å². The minimum absolute atomic E-state index is 0.0404. The normalized spacial score (nSPS) is 36.4. The Labute approximate surface area is 125 Å². The second-order valence-corrected chi connectivity index (χ2v) is 6.50. The zero-order valence-corrected chi connectivity index (χ0v) is 12.6. The van der Waals surface area contributed by atoms with Gasteiger partial charge in [0.2, 0.25) is 5.91 Å². The van der Waals surface area contributed by atoms with Gasteiger partial charge in [-0.1, -0.05) is 13.3 Å². The third kappa shape index (κ3) is 3.62. The summed E-state index contributed by atoms with van der Waals surface area (Å²) in [5, 5.41) is 22.7. The van der Waals surface area contributed by atoms with E-state index in [1.54, 1.807) is 5.48 Å². The van der Waals surface area contributed by atoms with Crippen molar-refractivity contribution in [2.75, 3.05) is 13.1 Å². The number of nitrogens with one attached hydrogen (secondary N) is 2. The van der Waals surface area contributed by atoms with Crippen LogP contribution >= 0.6 is 0 Å². The molecule has 2 aliphatic rings. The first-order valence-electron chi connectivity index (χ1n) is 7.91. The number of carbonyl (C=O) groups excluding carboxylic acids is 2. The Morgan fingerprint density at radius 3 is 2.67 bits per heavy atom. The first kappa shape index (κ1) is 16.4. The van der Waals surface area contributed by atoms with Crippen LogP contribution in [0.25, 0.3) is 0 Å². The van der Waals surface area contributed by atoms with Crippen molar-refractivity contribution in [3.05, 3.63) is 0 Å². The fourth-order valence-corrected chi connectivity index (χ4v) is 3.87. The molecular weight excluding hydrogens is 272 g/mol. The van der Waals surface area contributed by atoms with Crippen molar-refractivity contribution in [3.63, 3.8) is 0 Å². The van der Waals surface area contributed by atoms with Gasteiger partial charge in [-0.05, 0) is 38.6 Å². The number of ketones is 1. The van der Waals surface area contributed by atoms with Gasteiger partial charge in [0.25, 0.3) is 0 Å². The van der Waals surface area contributed by atoms with Crippen molar-refractivity contribution in [3.8, 4) is 0 Å². The fraction of sp³-hybridized carbons (Fsp3) is 0.867. The Hall–Kier alpha value is -0.980. The SMILES string of the molecule is CCC[C@]1(O)CC[C@H](C(=O)[C@@H]2CCNC2)[C@@H](C(=O)NO)C1. The number of hydroxylamine groups is 1. The maximum absolute atomic E-state index is 12.6. The number of aliphatic hydroxyl groups is 1. The topological polar surface area (TPSA) is 98.7 Å². The first-order valence-corrected chi connectivity index (χ1v) is 7.91. The summed E-state index contributed by atoms with van der Waals surface area (Å²) in [7, 11) is 0. The van der Waals surface area contributed by atoms with Crippen molar-refractivity contribution in [2.45, 2.75) is 51.0 Å². The Morgan fingerprint density at radius 2 is 2.10 bits per heavy atom. The van der Waals surface area contributed by atoms with Gasteiger partial charge in [0, 0.05) is 18.4 Å². The second kappa shape index (κ2) is 6.85. The lowest BCUT2D eigenvalue weighted by atomic mass is 9.67. The van der Waals surface area contributed by atoms with E-state index >= 15 is 0 Å². The van der Waals surface area contributed by atoms with E-state index in [1.165, 1.54) is 0 Å². The summed E-state index contributed by atoms with van der Waals surface area (Å²) in [6.45, 7) is 3.49. The molecule has 0 aromatic carbocycles. The van der Waals surface area contributed by atoms with Crippen LogP contribution in [0.15, 0.2) is 0 Å². The zero-order chi connectivity index (χ0) is 15.5. The number of amides is 1. The van der Waals surface area contributed by atoms with Crippen molar-refractivity contribution < 1.29 is 19.9 Å². The van der Waals surface area contributed by atoms with E-state index in [9.17, 15) is 14.7 Å². The van der Waals surface area contributed by atoms with Gasteiger partial charge in [0.1, 0.15) is 5.78 Å². The van der Waals surface area contributed by atoms with Crippen molar-refractivity contribution in [1.82, 2.24) is 10.8 Å². The zero-order valence-electron chi connectivity index (χ0n) is 12.6. The van der Waals surface area contributed by atoms with E-state index in [-0.39, 0.29) is 24.0 Å². The third-order valence-corrected chi connectivity index (χ3v) is 5.00. The van der Waals surface area contributed by atoms with Crippen LogP contribution < -0.4 is 10.8 Å². The minimum atomic E-state index is -0.892. The molecule has 0 bridgehead atoms. The smallest absolute Gasteiger partial charge is 0.247 e. The lowest BCUT2D eigenvalue weighted by molar-refractivity contribution is -0.148. The largest absolute Gasteiger partial charge is 0.390 e. The lowest BCUT2D eigenvalue weighted by Crippen LogP contribution is -2.48.